The van der Waals surface area contributed by atoms with Gasteiger partial charge in [-0.05, 0) is 38.5 Å². The van der Waals surface area contributed by atoms with Gasteiger partial charge in [-0.15, -0.1) is 0 Å². The molecule has 0 atom stereocenters. The molecule has 1 amide bonds. The Kier molecular flexibility index (Phi) is 8.08. The SMILES string of the molecule is CCOC(=O)c1[nH]c(C)c(C(=O)COC(=O)CNC(=O)c2ccc(Cl)c([N+](=O)[O-])c2)c1C. The molecule has 0 bridgehead atoms. The highest BCUT2D eigenvalue weighted by atomic mass is 35.5. The highest BCUT2D eigenvalue weighted by Crippen LogP contribution is 2.25. The molecular formula is C20H20ClN3O8. The maximum Gasteiger partial charge on any atom is 0.355 e. The van der Waals surface area contributed by atoms with Crippen molar-refractivity contribution in [2.24, 2.45) is 0 Å². The summed E-state index contributed by atoms with van der Waals surface area (Å²) in [5.74, 6) is -2.80. The van der Waals surface area contributed by atoms with Gasteiger partial charge in [0.05, 0.1) is 11.5 Å². The molecular weight excluding hydrogens is 446 g/mol. The second kappa shape index (κ2) is 10.5. The molecule has 0 saturated carbocycles. The quantitative estimate of drug-likeness (QED) is 0.247. The summed E-state index contributed by atoms with van der Waals surface area (Å²) in [4.78, 5) is 61.4. The number of nitrogens with zero attached hydrogens (tertiary/aromatic N) is 1. The number of ketones is 1. The van der Waals surface area contributed by atoms with Gasteiger partial charge in [0, 0.05) is 22.9 Å². The zero-order valence-electron chi connectivity index (χ0n) is 17.4. The van der Waals surface area contributed by atoms with Crippen LogP contribution in [0.15, 0.2) is 18.2 Å². The van der Waals surface area contributed by atoms with E-state index in [1.807, 2.05) is 0 Å². The van der Waals surface area contributed by atoms with Gasteiger partial charge in [0.1, 0.15) is 17.3 Å². The van der Waals surface area contributed by atoms with E-state index in [-0.39, 0.29) is 28.5 Å². The maximum atomic E-state index is 12.5. The van der Waals surface area contributed by atoms with Gasteiger partial charge in [0.15, 0.2) is 6.61 Å². The first kappa shape index (κ1) is 24.5. The van der Waals surface area contributed by atoms with Crippen molar-refractivity contribution in [3.63, 3.8) is 0 Å². The zero-order valence-corrected chi connectivity index (χ0v) is 18.2. The zero-order chi connectivity index (χ0) is 24.0. The summed E-state index contributed by atoms with van der Waals surface area (Å²) in [7, 11) is 0. The minimum Gasteiger partial charge on any atom is -0.461 e. The number of hydrogen-bond acceptors (Lipinski definition) is 8. The van der Waals surface area contributed by atoms with Gasteiger partial charge < -0.3 is 19.8 Å². The van der Waals surface area contributed by atoms with Crippen molar-refractivity contribution in [1.29, 1.82) is 0 Å². The molecule has 1 aromatic heterocycles. The van der Waals surface area contributed by atoms with Crippen LogP contribution in [-0.2, 0) is 14.3 Å². The molecule has 2 rings (SSSR count). The van der Waals surface area contributed by atoms with Gasteiger partial charge in [-0.1, -0.05) is 11.6 Å². The van der Waals surface area contributed by atoms with Crippen LogP contribution >= 0.6 is 11.6 Å². The minimum atomic E-state index is -0.897. The third-order valence-electron chi connectivity index (χ3n) is 4.36. The van der Waals surface area contributed by atoms with Crippen molar-refractivity contribution in [2.75, 3.05) is 19.8 Å². The largest absolute Gasteiger partial charge is 0.461 e. The number of ether oxygens (including phenoxy) is 2. The molecule has 2 aromatic rings. The molecule has 0 aliphatic carbocycles. The molecule has 11 nitrogen and oxygen atoms in total. The van der Waals surface area contributed by atoms with E-state index in [0.717, 1.165) is 6.07 Å². The van der Waals surface area contributed by atoms with E-state index < -0.39 is 47.4 Å². The van der Waals surface area contributed by atoms with Crippen molar-refractivity contribution in [2.45, 2.75) is 20.8 Å². The molecule has 170 valence electrons. The van der Waals surface area contributed by atoms with Crippen LogP contribution in [0.25, 0.3) is 0 Å². The second-order valence-corrected chi connectivity index (χ2v) is 6.94. The number of halogens is 1. The topological polar surface area (TPSA) is 158 Å². The number of aromatic nitrogens is 1. The third kappa shape index (κ3) is 5.70. The summed E-state index contributed by atoms with van der Waals surface area (Å²) in [6.07, 6.45) is 0. The van der Waals surface area contributed by atoms with E-state index in [4.69, 9.17) is 21.1 Å². The van der Waals surface area contributed by atoms with E-state index in [0.29, 0.717) is 11.3 Å². The third-order valence-corrected chi connectivity index (χ3v) is 4.68. The van der Waals surface area contributed by atoms with Crippen molar-refractivity contribution in [3.8, 4) is 0 Å². The lowest BCUT2D eigenvalue weighted by Crippen LogP contribution is -2.31. The van der Waals surface area contributed by atoms with Gasteiger partial charge in [0.25, 0.3) is 11.6 Å². The summed E-state index contributed by atoms with van der Waals surface area (Å²) < 4.78 is 9.81. The molecule has 0 aliphatic heterocycles. The number of benzene rings is 1. The number of nitrogens with one attached hydrogen (secondary N) is 2. The van der Waals surface area contributed by atoms with E-state index in [9.17, 15) is 29.3 Å². The predicted octanol–water partition coefficient (Wildman–Crippen LogP) is 2.53. The average molecular weight is 466 g/mol. The fourth-order valence-corrected chi connectivity index (χ4v) is 3.08. The van der Waals surface area contributed by atoms with Crippen LogP contribution in [0.4, 0.5) is 5.69 Å². The Morgan fingerprint density at radius 2 is 1.88 bits per heavy atom. The number of amides is 1. The molecule has 2 N–H and O–H groups in total. The monoisotopic (exact) mass is 465 g/mol. The van der Waals surface area contributed by atoms with E-state index in [1.54, 1.807) is 20.8 Å². The Balaban J connectivity index is 1.94. The number of rotatable bonds is 9. The molecule has 12 heteroatoms. The van der Waals surface area contributed by atoms with Crippen LogP contribution in [0, 0.1) is 24.0 Å². The number of H-pyrrole nitrogens is 1. The van der Waals surface area contributed by atoms with Crippen molar-refractivity contribution < 1.29 is 33.6 Å². The Bertz CT molecular complexity index is 1090. The fourth-order valence-electron chi connectivity index (χ4n) is 2.89. The Morgan fingerprint density at radius 1 is 1.19 bits per heavy atom. The Labute approximate surface area is 187 Å². The van der Waals surface area contributed by atoms with Crippen LogP contribution in [0.3, 0.4) is 0 Å². The predicted molar refractivity (Wildman–Crippen MR) is 112 cm³/mol. The van der Waals surface area contributed by atoms with Gasteiger partial charge in [0.2, 0.25) is 5.78 Å². The number of Topliss-reactive ketones (excluding diaryl/α,β-unsaturated/α-hetero) is 1. The van der Waals surface area contributed by atoms with Gasteiger partial charge >= 0.3 is 11.9 Å². The van der Waals surface area contributed by atoms with Gasteiger partial charge in [-0.2, -0.15) is 0 Å². The number of aromatic amines is 1. The first-order valence-corrected chi connectivity index (χ1v) is 9.71. The number of nitro groups is 1. The number of hydrogen-bond donors (Lipinski definition) is 2. The van der Waals surface area contributed by atoms with E-state index >= 15 is 0 Å². The Hall–Kier alpha value is -3.73. The maximum absolute atomic E-state index is 12.5. The summed E-state index contributed by atoms with van der Waals surface area (Å²) in [5.41, 5.74) is 0.618. The highest BCUT2D eigenvalue weighted by molar-refractivity contribution is 6.32. The van der Waals surface area contributed by atoms with Gasteiger partial charge in [-0.25, -0.2) is 4.79 Å². The molecule has 1 aromatic carbocycles. The minimum absolute atomic E-state index is 0.0740. The lowest BCUT2D eigenvalue weighted by molar-refractivity contribution is -0.384. The van der Waals surface area contributed by atoms with Crippen molar-refractivity contribution in [3.05, 3.63) is 61.4 Å². The molecule has 1 heterocycles. The summed E-state index contributed by atoms with van der Waals surface area (Å²) in [5, 5.41) is 13.0. The van der Waals surface area contributed by atoms with Gasteiger partial charge in [-0.3, -0.25) is 24.5 Å². The van der Waals surface area contributed by atoms with Crippen LogP contribution < -0.4 is 5.32 Å². The molecule has 0 fully saturated rings. The molecule has 32 heavy (non-hydrogen) atoms. The number of carbonyl (C=O) groups is 4. The number of carbonyl (C=O) groups excluding carboxylic acids is 4. The number of aryl methyl sites for hydroxylation is 1. The summed E-state index contributed by atoms with van der Waals surface area (Å²) >= 11 is 5.69. The van der Waals surface area contributed by atoms with Crippen LogP contribution in [0.2, 0.25) is 5.02 Å². The first-order chi connectivity index (χ1) is 15.1. The highest BCUT2D eigenvalue weighted by Gasteiger charge is 2.23. The van der Waals surface area contributed by atoms with Crippen LogP contribution in [-0.4, -0.2) is 53.3 Å². The summed E-state index contributed by atoms with van der Waals surface area (Å²) in [6.45, 7) is 3.81. The standard InChI is InChI=1S/C20H20ClN3O8/c1-4-31-20(28)18-10(2)17(11(3)23-18)15(25)9-32-16(26)8-22-19(27)12-5-6-13(21)14(7-12)24(29)30/h5-7,23H,4,8-9H2,1-3H3,(H,22,27). The smallest absolute Gasteiger partial charge is 0.355 e. The molecule has 0 unspecified atom stereocenters. The van der Waals surface area contributed by atoms with E-state index in [1.165, 1.54) is 12.1 Å². The van der Waals surface area contributed by atoms with Crippen molar-refractivity contribution in [1.82, 2.24) is 10.3 Å². The molecule has 0 radical (unpaired) electrons. The number of esters is 2. The van der Waals surface area contributed by atoms with E-state index in [2.05, 4.69) is 10.3 Å². The lowest BCUT2D eigenvalue weighted by Gasteiger charge is -2.07. The average Bonchev–Trinajstić information content (AvgIpc) is 3.04. The molecule has 0 aliphatic rings. The lowest BCUT2D eigenvalue weighted by atomic mass is 10.1. The van der Waals surface area contributed by atoms with Crippen molar-refractivity contribution >= 4 is 40.9 Å². The molecule has 0 spiro atoms. The number of nitro benzene ring substituents is 1. The molecule has 0 saturated heterocycles. The second-order valence-electron chi connectivity index (χ2n) is 6.54. The fraction of sp³-hybridized carbons (Fsp3) is 0.300. The Morgan fingerprint density at radius 3 is 2.50 bits per heavy atom. The first-order valence-electron chi connectivity index (χ1n) is 9.34. The van der Waals surface area contributed by atoms with Crippen LogP contribution in [0.5, 0.6) is 0 Å². The normalized spacial score (nSPS) is 10.4. The summed E-state index contributed by atoms with van der Waals surface area (Å²) in [6, 6.07) is 3.43. The van der Waals surface area contributed by atoms with Crippen LogP contribution in [0.1, 0.15) is 49.4 Å².